The van der Waals surface area contributed by atoms with Crippen molar-refractivity contribution < 1.29 is 4.74 Å². The molecule has 2 aromatic heterocycles. The van der Waals surface area contributed by atoms with Gasteiger partial charge in [0.25, 0.3) is 5.56 Å². The van der Waals surface area contributed by atoms with Gasteiger partial charge in [0.15, 0.2) is 11.0 Å². The van der Waals surface area contributed by atoms with E-state index in [1.807, 2.05) is 54.0 Å². The van der Waals surface area contributed by atoms with Gasteiger partial charge in [0.05, 0.1) is 6.61 Å². The lowest BCUT2D eigenvalue weighted by Gasteiger charge is -2.13. The van der Waals surface area contributed by atoms with E-state index in [9.17, 15) is 9.59 Å². The molecule has 10 heteroatoms. The lowest BCUT2D eigenvalue weighted by atomic mass is 10.2. The molecule has 0 saturated carbocycles. The highest BCUT2D eigenvalue weighted by molar-refractivity contribution is 7.98. The summed E-state index contributed by atoms with van der Waals surface area (Å²) in [6.07, 6.45) is 0. The molecular formula is C23H22ClN5O3S. The first-order valence-corrected chi connectivity index (χ1v) is 11.6. The van der Waals surface area contributed by atoms with E-state index in [0.717, 1.165) is 21.6 Å². The summed E-state index contributed by atoms with van der Waals surface area (Å²) < 4.78 is 10.0. The molecule has 0 radical (unpaired) electrons. The summed E-state index contributed by atoms with van der Waals surface area (Å²) >= 11 is 7.60. The molecule has 4 rings (SSSR count). The predicted octanol–water partition coefficient (Wildman–Crippen LogP) is 3.68. The molecule has 2 heterocycles. The van der Waals surface area contributed by atoms with E-state index in [1.54, 1.807) is 13.1 Å². The summed E-state index contributed by atoms with van der Waals surface area (Å²) in [5.74, 6) is 1.76. The van der Waals surface area contributed by atoms with E-state index in [2.05, 4.69) is 10.2 Å². The highest BCUT2D eigenvalue weighted by Gasteiger charge is 2.18. The van der Waals surface area contributed by atoms with Crippen molar-refractivity contribution in [1.82, 2.24) is 23.9 Å². The number of benzene rings is 2. The Morgan fingerprint density at radius 2 is 1.76 bits per heavy atom. The van der Waals surface area contributed by atoms with E-state index >= 15 is 0 Å². The van der Waals surface area contributed by atoms with Crippen molar-refractivity contribution in [1.29, 1.82) is 0 Å². The molecule has 0 atom stereocenters. The minimum Gasteiger partial charge on any atom is -0.494 e. The van der Waals surface area contributed by atoms with Crippen LogP contribution >= 0.6 is 23.4 Å². The molecule has 0 spiro atoms. The number of hydrogen-bond donors (Lipinski definition) is 0. The van der Waals surface area contributed by atoms with Gasteiger partial charge < -0.3 is 4.74 Å². The molecule has 0 amide bonds. The molecular weight excluding hydrogens is 462 g/mol. The van der Waals surface area contributed by atoms with Crippen LogP contribution in [0, 0.1) is 0 Å². The summed E-state index contributed by atoms with van der Waals surface area (Å²) in [6.45, 7) is 2.51. The van der Waals surface area contributed by atoms with Crippen molar-refractivity contribution in [3.05, 3.63) is 86.2 Å². The van der Waals surface area contributed by atoms with E-state index in [1.165, 1.54) is 29.4 Å². The second-order valence-electron chi connectivity index (χ2n) is 7.24. The Bertz CT molecular complexity index is 1410. The zero-order valence-electron chi connectivity index (χ0n) is 18.4. The topological polar surface area (TPSA) is 83.9 Å². The Morgan fingerprint density at radius 1 is 1.00 bits per heavy atom. The molecule has 8 nitrogen and oxygen atoms in total. The zero-order chi connectivity index (χ0) is 23.5. The number of hydrogen-bond acceptors (Lipinski definition) is 6. The molecule has 2 aromatic carbocycles. The van der Waals surface area contributed by atoms with Gasteiger partial charge in [0, 0.05) is 47.9 Å². The van der Waals surface area contributed by atoms with Crippen molar-refractivity contribution in [3.63, 3.8) is 0 Å². The van der Waals surface area contributed by atoms with Gasteiger partial charge in [-0.05, 0) is 43.3 Å². The molecule has 0 unspecified atom stereocenters. The van der Waals surface area contributed by atoms with E-state index < -0.39 is 0 Å². The number of ether oxygens (including phenoxy) is 1. The maximum atomic E-state index is 12.3. The number of halogens is 1. The van der Waals surface area contributed by atoms with Gasteiger partial charge in [0.1, 0.15) is 5.75 Å². The Balaban J connectivity index is 1.76. The third-order valence-electron chi connectivity index (χ3n) is 5.10. The van der Waals surface area contributed by atoms with Gasteiger partial charge in [0.2, 0.25) is 0 Å². The third-order valence-corrected chi connectivity index (χ3v) is 6.29. The van der Waals surface area contributed by atoms with Gasteiger partial charge in [-0.15, -0.1) is 10.2 Å². The summed E-state index contributed by atoms with van der Waals surface area (Å²) in [7, 11) is 3.10. The maximum absolute atomic E-state index is 12.3. The molecule has 33 heavy (non-hydrogen) atoms. The van der Waals surface area contributed by atoms with Crippen molar-refractivity contribution in [3.8, 4) is 22.8 Å². The van der Waals surface area contributed by atoms with Crippen LogP contribution in [0.3, 0.4) is 0 Å². The molecule has 0 bridgehead atoms. The average Bonchev–Trinajstić information content (AvgIpc) is 3.24. The van der Waals surface area contributed by atoms with Gasteiger partial charge in [-0.2, -0.15) is 0 Å². The Hall–Kier alpha value is -3.30. The number of nitrogens with zero attached hydrogens (tertiary/aromatic N) is 5. The monoisotopic (exact) mass is 483 g/mol. The number of aromatic nitrogens is 5. The molecule has 0 aliphatic carbocycles. The van der Waals surface area contributed by atoms with Crippen LogP contribution in [-0.4, -0.2) is 30.5 Å². The molecule has 0 fully saturated rings. The van der Waals surface area contributed by atoms with E-state index in [-0.39, 0.29) is 11.2 Å². The van der Waals surface area contributed by atoms with Crippen LogP contribution in [0.4, 0.5) is 0 Å². The zero-order valence-corrected chi connectivity index (χ0v) is 19.9. The molecule has 170 valence electrons. The summed E-state index contributed by atoms with van der Waals surface area (Å²) in [5.41, 5.74) is 1.54. The number of rotatable bonds is 7. The normalized spacial score (nSPS) is 11.0. The van der Waals surface area contributed by atoms with Gasteiger partial charge in [-0.3, -0.25) is 18.5 Å². The molecule has 4 aromatic rings. The van der Waals surface area contributed by atoms with Crippen LogP contribution < -0.4 is 16.0 Å². The van der Waals surface area contributed by atoms with Crippen LogP contribution in [0.15, 0.2) is 69.3 Å². The van der Waals surface area contributed by atoms with Crippen LogP contribution in [0.2, 0.25) is 5.02 Å². The largest absolute Gasteiger partial charge is 0.494 e. The highest BCUT2D eigenvalue weighted by Crippen LogP contribution is 2.31. The van der Waals surface area contributed by atoms with E-state index in [0.29, 0.717) is 34.1 Å². The van der Waals surface area contributed by atoms with Crippen molar-refractivity contribution in [2.45, 2.75) is 17.8 Å². The van der Waals surface area contributed by atoms with Gasteiger partial charge in [-0.1, -0.05) is 35.5 Å². The Labute approximate surface area is 199 Å². The standard InChI is InChI=1S/C23H22ClN5O3S/c1-4-32-19-10-8-17(9-11-19)29-21(15-6-5-7-16(24)12-15)25-26-22(29)33-14-18-13-20(30)28(3)23(31)27(18)2/h5-13H,4,14H2,1-3H3. The minimum atomic E-state index is -0.370. The molecule has 0 aliphatic rings. The van der Waals surface area contributed by atoms with Crippen molar-refractivity contribution >= 4 is 23.4 Å². The summed E-state index contributed by atoms with van der Waals surface area (Å²) in [6, 6.07) is 16.5. The fourth-order valence-corrected chi connectivity index (χ4v) is 4.49. The average molecular weight is 484 g/mol. The van der Waals surface area contributed by atoms with Crippen LogP contribution in [-0.2, 0) is 19.8 Å². The van der Waals surface area contributed by atoms with Crippen LogP contribution in [0.1, 0.15) is 12.6 Å². The lowest BCUT2D eigenvalue weighted by Crippen LogP contribution is -2.37. The molecule has 0 aliphatic heterocycles. The van der Waals surface area contributed by atoms with Crippen molar-refractivity contribution in [2.24, 2.45) is 14.1 Å². The first-order chi connectivity index (χ1) is 15.9. The molecule has 0 N–H and O–H groups in total. The summed E-state index contributed by atoms with van der Waals surface area (Å²) in [4.78, 5) is 24.4. The smallest absolute Gasteiger partial charge is 0.330 e. The third kappa shape index (κ3) is 4.74. The Kier molecular flexibility index (Phi) is 6.71. The first-order valence-electron chi connectivity index (χ1n) is 10.2. The second kappa shape index (κ2) is 9.68. The fourth-order valence-electron chi connectivity index (χ4n) is 3.32. The SMILES string of the molecule is CCOc1ccc(-n2c(SCc3cc(=O)n(C)c(=O)n3C)nnc2-c2cccc(Cl)c2)cc1. The quantitative estimate of drug-likeness (QED) is 0.373. The van der Waals surface area contributed by atoms with Crippen LogP contribution in [0.25, 0.3) is 17.1 Å². The lowest BCUT2D eigenvalue weighted by molar-refractivity contribution is 0.340. The fraction of sp³-hybridized carbons (Fsp3) is 0.217. The Morgan fingerprint density at radius 3 is 2.45 bits per heavy atom. The van der Waals surface area contributed by atoms with Gasteiger partial charge >= 0.3 is 5.69 Å². The molecule has 0 saturated heterocycles. The van der Waals surface area contributed by atoms with E-state index in [4.69, 9.17) is 16.3 Å². The van der Waals surface area contributed by atoms with Crippen molar-refractivity contribution in [2.75, 3.05) is 6.61 Å². The highest BCUT2D eigenvalue weighted by atomic mass is 35.5. The van der Waals surface area contributed by atoms with Gasteiger partial charge in [-0.25, -0.2) is 4.79 Å². The van der Waals surface area contributed by atoms with Crippen LogP contribution in [0.5, 0.6) is 5.75 Å². The number of thioether (sulfide) groups is 1. The second-order valence-corrected chi connectivity index (χ2v) is 8.62. The predicted molar refractivity (Wildman–Crippen MR) is 129 cm³/mol. The maximum Gasteiger partial charge on any atom is 0.330 e. The summed E-state index contributed by atoms with van der Waals surface area (Å²) in [5, 5.41) is 10.0. The minimum absolute atomic E-state index is 0.346. The first kappa shape index (κ1) is 22.9.